The van der Waals surface area contributed by atoms with Crippen molar-refractivity contribution < 1.29 is 9.47 Å². The molecule has 0 amide bonds. The Labute approximate surface area is 93.5 Å². The fourth-order valence-corrected chi connectivity index (χ4v) is 2.24. The molecule has 3 nitrogen and oxygen atoms in total. The molecule has 0 aliphatic carbocycles. The van der Waals surface area contributed by atoms with Crippen molar-refractivity contribution in [3.8, 4) is 0 Å². The second-order valence-electron chi connectivity index (χ2n) is 4.42. The predicted molar refractivity (Wildman–Crippen MR) is 62.1 cm³/mol. The quantitative estimate of drug-likeness (QED) is 0.733. The summed E-state index contributed by atoms with van der Waals surface area (Å²) in [5.41, 5.74) is 0. The first-order chi connectivity index (χ1) is 7.27. The second-order valence-corrected chi connectivity index (χ2v) is 4.42. The highest BCUT2D eigenvalue weighted by molar-refractivity contribution is 4.80. The van der Waals surface area contributed by atoms with E-state index in [0.717, 1.165) is 26.2 Å². The van der Waals surface area contributed by atoms with Crippen LogP contribution in [-0.2, 0) is 9.47 Å². The maximum Gasteiger partial charge on any atom is 0.0558 e. The zero-order chi connectivity index (χ0) is 11.1. The molecule has 0 saturated carbocycles. The smallest absolute Gasteiger partial charge is 0.0558 e. The van der Waals surface area contributed by atoms with Crippen LogP contribution in [0.25, 0.3) is 0 Å². The Morgan fingerprint density at radius 1 is 1.53 bits per heavy atom. The summed E-state index contributed by atoms with van der Waals surface area (Å²) in [5, 5.41) is 3.56. The molecule has 0 spiro atoms. The van der Waals surface area contributed by atoms with E-state index in [2.05, 4.69) is 19.2 Å². The second kappa shape index (κ2) is 7.20. The molecule has 3 heteroatoms. The zero-order valence-electron chi connectivity index (χ0n) is 10.3. The predicted octanol–water partition coefficient (Wildman–Crippen LogP) is 1.82. The lowest BCUT2D eigenvalue weighted by Crippen LogP contribution is -2.42. The van der Waals surface area contributed by atoms with E-state index in [9.17, 15) is 0 Å². The fourth-order valence-electron chi connectivity index (χ4n) is 2.24. The highest BCUT2D eigenvalue weighted by Crippen LogP contribution is 2.21. The van der Waals surface area contributed by atoms with E-state index >= 15 is 0 Å². The van der Waals surface area contributed by atoms with E-state index in [-0.39, 0.29) is 0 Å². The van der Waals surface area contributed by atoms with E-state index in [0.29, 0.717) is 18.1 Å². The summed E-state index contributed by atoms with van der Waals surface area (Å²) < 4.78 is 10.9. The van der Waals surface area contributed by atoms with Crippen LogP contribution < -0.4 is 5.32 Å². The van der Waals surface area contributed by atoms with Gasteiger partial charge in [0.05, 0.1) is 12.7 Å². The summed E-state index contributed by atoms with van der Waals surface area (Å²) in [4.78, 5) is 0. The van der Waals surface area contributed by atoms with Gasteiger partial charge in [-0.2, -0.15) is 0 Å². The van der Waals surface area contributed by atoms with E-state index < -0.39 is 0 Å². The van der Waals surface area contributed by atoms with Crippen LogP contribution in [0.15, 0.2) is 0 Å². The number of methoxy groups -OCH3 is 1. The van der Waals surface area contributed by atoms with Crippen molar-refractivity contribution in [3.63, 3.8) is 0 Å². The van der Waals surface area contributed by atoms with Gasteiger partial charge in [0.15, 0.2) is 0 Å². The first-order valence-corrected chi connectivity index (χ1v) is 6.11. The van der Waals surface area contributed by atoms with Gasteiger partial charge in [-0.1, -0.05) is 6.92 Å². The van der Waals surface area contributed by atoms with Crippen molar-refractivity contribution >= 4 is 0 Å². The highest BCUT2D eigenvalue weighted by Gasteiger charge is 2.24. The molecule has 0 bridgehead atoms. The summed E-state index contributed by atoms with van der Waals surface area (Å²) in [6, 6.07) is 0.547. The zero-order valence-corrected chi connectivity index (χ0v) is 10.3. The third kappa shape index (κ3) is 4.49. The molecule has 1 heterocycles. The normalized spacial score (nSPS) is 26.2. The Balaban J connectivity index is 2.39. The minimum absolute atomic E-state index is 0.330. The van der Waals surface area contributed by atoms with Crippen LogP contribution in [0.3, 0.4) is 0 Å². The maximum atomic E-state index is 5.54. The molecule has 1 aliphatic rings. The van der Waals surface area contributed by atoms with Crippen LogP contribution in [0.5, 0.6) is 0 Å². The number of ether oxygens (including phenoxy) is 2. The van der Waals surface area contributed by atoms with Gasteiger partial charge in [-0.15, -0.1) is 0 Å². The summed E-state index contributed by atoms with van der Waals surface area (Å²) >= 11 is 0. The molecule has 3 atom stereocenters. The third-order valence-electron chi connectivity index (χ3n) is 3.22. The molecule has 3 unspecified atom stereocenters. The molecule has 1 rings (SSSR count). The number of rotatable bonds is 6. The third-order valence-corrected chi connectivity index (χ3v) is 3.22. The molecular formula is C12H25NO2. The summed E-state index contributed by atoms with van der Waals surface area (Å²) in [5.74, 6) is 0.663. The first-order valence-electron chi connectivity index (χ1n) is 6.11. The SMILES string of the molecule is CCNC(CC(C)OC)C1CCCOC1. The molecule has 1 aliphatic heterocycles. The minimum atomic E-state index is 0.330. The Hall–Kier alpha value is -0.120. The van der Waals surface area contributed by atoms with E-state index in [4.69, 9.17) is 9.47 Å². The van der Waals surface area contributed by atoms with Crippen LogP contribution in [0.2, 0.25) is 0 Å². The van der Waals surface area contributed by atoms with Gasteiger partial charge in [0, 0.05) is 19.8 Å². The van der Waals surface area contributed by atoms with Gasteiger partial charge in [-0.3, -0.25) is 0 Å². The monoisotopic (exact) mass is 215 g/mol. The van der Waals surface area contributed by atoms with Gasteiger partial charge in [0.25, 0.3) is 0 Å². The van der Waals surface area contributed by atoms with Crippen molar-refractivity contribution in [1.29, 1.82) is 0 Å². The lowest BCUT2D eigenvalue weighted by Gasteiger charge is -2.32. The number of hydrogen-bond donors (Lipinski definition) is 1. The molecule has 0 aromatic heterocycles. The van der Waals surface area contributed by atoms with Crippen LogP contribution in [0.4, 0.5) is 0 Å². The largest absolute Gasteiger partial charge is 0.382 e. The van der Waals surface area contributed by atoms with Crippen molar-refractivity contribution in [2.24, 2.45) is 5.92 Å². The van der Waals surface area contributed by atoms with Gasteiger partial charge in [0.1, 0.15) is 0 Å². The topological polar surface area (TPSA) is 30.5 Å². The van der Waals surface area contributed by atoms with Gasteiger partial charge in [0.2, 0.25) is 0 Å². The van der Waals surface area contributed by atoms with Crippen molar-refractivity contribution in [3.05, 3.63) is 0 Å². The van der Waals surface area contributed by atoms with Crippen LogP contribution in [-0.4, -0.2) is 39.0 Å². The Morgan fingerprint density at radius 3 is 2.87 bits per heavy atom. The molecule has 1 fully saturated rings. The van der Waals surface area contributed by atoms with Crippen LogP contribution in [0, 0.1) is 5.92 Å². The van der Waals surface area contributed by atoms with Gasteiger partial charge >= 0.3 is 0 Å². The standard InChI is InChI=1S/C12H25NO2/c1-4-13-12(8-10(2)14-3)11-6-5-7-15-9-11/h10-13H,4-9H2,1-3H3. The first kappa shape index (κ1) is 12.9. The minimum Gasteiger partial charge on any atom is -0.382 e. The maximum absolute atomic E-state index is 5.54. The molecule has 90 valence electrons. The van der Waals surface area contributed by atoms with E-state index in [1.54, 1.807) is 7.11 Å². The fraction of sp³-hybridized carbons (Fsp3) is 1.00. The van der Waals surface area contributed by atoms with Crippen molar-refractivity contribution in [1.82, 2.24) is 5.32 Å². The van der Waals surface area contributed by atoms with E-state index in [1.165, 1.54) is 12.8 Å². The van der Waals surface area contributed by atoms with Crippen molar-refractivity contribution in [2.45, 2.75) is 45.3 Å². The lowest BCUT2D eigenvalue weighted by molar-refractivity contribution is 0.0242. The summed E-state index contributed by atoms with van der Waals surface area (Å²) in [6.07, 6.45) is 3.90. The Morgan fingerprint density at radius 2 is 2.33 bits per heavy atom. The number of nitrogens with one attached hydrogen (secondary N) is 1. The van der Waals surface area contributed by atoms with Gasteiger partial charge < -0.3 is 14.8 Å². The molecule has 0 aromatic rings. The van der Waals surface area contributed by atoms with Crippen LogP contribution >= 0.6 is 0 Å². The molecule has 0 radical (unpaired) electrons. The Bertz CT molecular complexity index is 158. The number of hydrogen-bond acceptors (Lipinski definition) is 3. The summed E-state index contributed by atoms with van der Waals surface area (Å²) in [6.45, 7) is 7.17. The molecule has 1 saturated heterocycles. The van der Waals surface area contributed by atoms with E-state index in [1.807, 2.05) is 0 Å². The van der Waals surface area contributed by atoms with Crippen LogP contribution in [0.1, 0.15) is 33.1 Å². The average molecular weight is 215 g/mol. The van der Waals surface area contributed by atoms with Crippen molar-refractivity contribution in [2.75, 3.05) is 26.9 Å². The van der Waals surface area contributed by atoms with Gasteiger partial charge in [-0.05, 0) is 38.6 Å². The molecule has 1 N–H and O–H groups in total. The lowest BCUT2D eigenvalue weighted by atomic mass is 9.90. The Kier molecular flexibility index (Phi) is 6.22. The average Bonchev–Trinajstić information content (AvgIpc) is 2.29. The molecular weight excluding hydrogens is 190 g/mol. The molecule has 0 aromatic carbocycles. The molecule has 15 heavy (non-hydrogen) atoms. The highest BCUT2D eigenvalue weighted by atomic mass is 16.5. The summed E-state index contributed by atoms with van der Waals surface area (Å²) in [7, 11) is 1.78. The van der Waals surface area contributed by atoms with Gasteiger partial charge in [-0.25, -0.2) is 0 Å².